The van der Waals surface area contributed by atoms with Crippen LogP contribution in [0.3, 0.4) is 0 Å². The molecule has 1 aliphatic heterocycles. The van der Waals surface area contributed by atoms with Gasteiger partial charge in [0.2, 0.25) is 0 Å². The minimum Gasteiger partial charge on any atom is -0.434 e. The first-order valence-electron chi connectivity index (χ1n) is 1.56. The van der Waals surface area contributed by atoms with Crippen molar-refractivity contribution in [2.24, 2.45) is 0 Å². The largest absolute Gasteiger partial charge is 0.434 e. The molecule has 2 nitrogen and oxygen atoms in total. The summed E-state index contributed by atoms with van der Waals surface area (Å²) in [5.41, 5.74) is 0. The molecule has 0 aromatic heterocycles. The van der Waals surface area contributed by atoms with Crippen molar-refractivity contribution in [1.29, 1.82) is 0 Å². The number of hydrogen-bond donors (Lipinski definition) is 0. The molecule has 31 valence electrons. The SMILES string of the molecule is C=C[C]1O[14C]1=O. The summed E-state index contributed by atoms with van der Waals surface area (Å²) in [5, 5.41) is 0. The first-order chi connectivity index (χ1) is 2.84. The second-order valence-electron chi connectivity index (χ2n) is 0.958. The van der Waals surface area contributed by atoms with Crippen molar-refractivity contribution >= 4 is 5.97 Å². The van der Waals surface area contributed by atoms with Gasteiger partial charge in [0.05, 0.1) is 0 Å². The average molecular weight is 85.1 g/mol. The number of carbonyl (C=O) groups excluding carboxylic acids is 1. The summed E-state index contributed by atoms with van der Waals surface area (Å²) < 4.78 is 4.23. The topological polar surface area (TPSA) is 29.6 Å². The highest BCUT2D eigenvalue weighted by molar-refractivity contribution is 5.99. The zero-order valence-electron chi connectivity index (χ0n) is 3.10. The van der Waals surface area contributed by atoms with Gasteiger partial charge in [-0.2, -0.15) is 0 Å². The molecular weight excluding hydrogens is 82.0 g/mol. The summed E-state index contributed by atoms with van der Waals surface area (Å²) in [6.07, 6.45) is 1.78. The Morgan fingerprint density at radius 2 is 2.50 bits per heavy atom. The number of cyclic esters (lactones) is 1. The quantitative estimate of drug-likeness (QED) is 0.427. The highest BCUT2D eigenvalue weighted by atomic mass is 16.9. The van der Waals surface area contributed by atoms with Gasteiger partial charge in [0.1, 0.15) is 0 Å². The maximum absolute atomic E-state index is 9.79. The maximum atomic E-state index is 9.79. The summed E-state index contributed by atoms with van der Waals surface area (Å²) in [6, 6.07) is 0. The Labute approximate surface area is 35.4 Å². The van der Waals surface area contributed by atoms with Crippen LogP contribution in [0.2, 0.25) is 0 Å². The lowest BCUT2D eigenvalue weighted by molar-refractivity contribution is -0.117. The van der Waals surface area contributed by atoms with Gasteiger partial charge in [0.25, 0.3) is 6.10 Å². The van der Waals surface area contributed by atoms with Crippen LogP contribution >= 0.6 is 0 Å². The molecule has 1 fully saturated rings. The van der Waals surface area contributed by atoms with Gasteiger partial charge in [0, 0.05) is 0 Å². The smallest absolute Gasteiger partial charge is 0.361 e. The van der Waals surface area contributed by atoms with E-state index in [2.05, 4.69) is 11.3 Å². The summed E-state index contributed by atoms with van der Waals surface area (Å²) >= 11 is 0. The molecule has 0 amide bonds. The minimum atomic E-state index is -0.245. The molecule has 0 N–H and O–H groups in total. The fourth-order valence-corrected chi connectivity index (χ4v) is 0.199. The van der Waals surface area contributed by atoms with Crippen LogP contribution in [0, 0.1) is 6.10 Å². The third kappa shape index (κ3) is 0.302. The second kappa shape index (κ2) is 0.834. The van der Waals surface area contributed by atoms with Gasteiger partial charge in [-0.25, -0.2) is 4.79 Å². The molecule has 0 aromatic carbocycles. The fraction of sp³-hybridized carbons (Fsp3) is 0. The van der Waals surface area contributed by atoms with Crippen LogP contribution in [0.15, 0.2) is 12.7 Å². The number of epoxide rings is 1. The van der Waals surface area contributed by atoms with Gasteiger partial charge in [-0.3, -0.25) is 0 Å². The third-order valence-corrected chi connectivity index (χ3v) is 0.548. The van der Waals surface area contributed by atoms with Crippen LogP contribution in [-0.2, 0) is 9.53 Å². The Morgan fingerprint density at radius 1 is 2.00 bits per heavy atom. The first-order valence-corrected chi connectivity index (χ1v) is 1.56. The normalized spacial score (nSPS) is 19.7. The van der Waals surface area contributed by atoms with Crippen LogP contribution in [0.25, 0.3) is 0 Å². The molecule has 0 bridgehead atoms. The Hall–Kier alpha value is -0.790. The van der Waals surface area contributed by atoms with Crippen molar-refractivity contribution in [1.82, 2.24) is 0 Å². The summed E-state index contributed by atoms with van der Waals surface area (Å²) in [6.45, 7) is 3.29. The van der Waals surface area contributed by atoms with E-state index in [1.165, 1.54) is 6.08 Å². The van der Waals surface area contributed by atoms with Crippen molar-refractivity contribution in [3.05, 3.63) is 18.8 Å². The van der Waals surface area contributed by atoms with E-state index >= 15 is 0 Å². The predicted octanol–water partition coefficient (Wildman–Crippen LogP) is 0.261. The van der Waals surface area contributed by atoms with E-state index in [0.29, 0.717) is 6.10 Å². The second-order valence-corrected chi connectivity index (χ2v) is 0.958. The molecular formula is C4H3O2. The fourth-order valence-electron chi connectivity index (χ4n) is 0.199. The van der Waals surface area contributed by atoms with E-state index in [4.69, 9.17) is 0 Å². The zero-order chi connectivity index (χ0) is 4.57. The molecule has 1 rings (SSSR count). The molecule has 0 spiro atoms. The lowest BCUT2D eigenvalue weighted by Crippen LogP contribution is -1.61. The number of carbonyl (C=O) groups is 1. The third-order valence-electron chi connectivity index (χ3n) is 0.548. The van der Waals surface area contributed by atoms with Crippen LogP contribution < -0.4 is 0 Å². The summed E-state index contributed by atoms with van der Waals surface area (Å²) in [5.74, 6) is -0.245. The van der Waals surface area contributed by atoms with Crippen molar-refractivity contribution in [2.45, 2.75) is 0 Å². The van der Waals surface area contributed by atoms with Crippen LogP contribution in [0.5, 0.6) is 0 Å². The molecule has 1 aliphatic rings. The van der Waals surface area contributed by atoms with Crippen molar-refractivity contribution in [3.8, 4) is 0 Å². The minimum absolute atomic E-state index is 0.245. The van der Waals surface area contributed by atoms with Crippen molar-refractivity contribution < 1.29 is 9.53 Å². The Morgan fingerprint density at radius 3 is 2.50 bits per heavy atom. The number of ether oxygens (including phenoxy) is 1. The lowest BCUT2D eigenvalue weighted by atomic mass is 10.6. The van der Waals surface area contributed by atoms with Crippen LogP contribution in [0.4, 0.5) is 0 Å². The molecule has 0 saturated carbocycles. The lowest BCUT2D eigenvalue weighted by Gasteiger charge is -1.52. The van der Waals surface area contributed by atoms with Crippen molar-refractivity contribution in [2.75, 3.05) is 0 Å². The van der Waals surface area contributed by atoms with E-state index in [0.717, 1.165) is 0 Å². The molecule has 1 radical (unpaired) electrons. The highest BCUT2D eigenvalue weighted by Gasteiger charge is 2.36. The number of rotatable bonds is 1. The summed E-state index contributed by atoms with van der Waals surface area (Å²) in [7, 11) is 0. The van der Waals surface area contributed by atoms with E-state index in [1.807, 2.05) is 0 Å². The van der Waals surface area contributed by atoms with E-state index < -0.39 is 0 Å². The predicted molar refractivity (Wildman–Crippen MR) is 19.5 cm³/mol. The molecule has 6 heavy (non-hydrogen) atoms. The highest BCUT2D eigenvalue weighted by Crippen LogP contribution is 2.21. The monoisotopic (exact) mass is 85.0 g/mol. The van der Waals surface area contributed by atoms with E-state index in [9.17, 15) is 4.79 Å². The molecule has 2 heteroatoms. The van der Waals surface area contributed by atoms with Gasteiger partial charge in [-0.15, -0.1) is 0 Å². The standard InChI is InChI=1S/C4H3O2/c1-2-3-4(5)6-3/h2H,1H2/i4+2. The van der Waals surface area contributed by atoms with Gasteiger partial charge in [-0.1, -0.05) is 6.58 Å². The molecule has 0 unspecified atom stereocenters. The molecule has 0 aromatic rings. The maximum Gasteiger partial charge on any atom is 0.361 e. The Balaban J connectivity index is 2.44. The Kier molecular flexibility index (Phi) is 0.473. The summed E-state index contributed by atoms with van der Waals surface area (Å²) in [4.78, 5) is 9.79. The Bertz CT molecular complexity index is 95.7. The van der Waals surface area contributed by atoms with Gasteiger partial charge >= 0.3 is 5.97 Å². The zero-order valence-corrected chi connectivity index (χ0v) is 3.10. The van der Waals surface area contributed by atoms with E-state index in [-0.39, 0.29) is 5.97 Å². The van der Waals surface area contributed by atoms with Crippen LogP contribution in [0.1, 0.15) is 0 Å². The first kappa shape index (κ1) is 3.40. The van der Waals surface area contributed by atoms with E-state index in [1.54, 1.807) is 0 Å². The molecule has 1 heterocycles. The molecule has 0 aliphatic carbocycles. The number of hydrogen-bond acceptors (Lipinski definition) is 2. The van der Waals surface area contributed by atoms with Crippen LogP contribution in [-0.4, -0.2) is 5.97 Å². The van der Waals surface area contributed by atoms with Gasteiger partial charge in [-0.05, 0) is 6.08 Å². The van der Waals surface area contributed by atoms with Gasteiger partial charge < -0.3 is 4.74 Å². The average Bonchev–Trinajstić information content (AvgIpc) is 2.19. The van der Waals surface area contributed by atoms with Crippen molar-refractivity contribution in [3.63, 3.8) is 0 Å². The molecule has 1 saturated heterocycles. The molecule has 0 atom stereocenters. The van der Waals surface area contributed by atoms with Gasteiger partial charge in [0.15, 0.2) is 0 Å².